The number of carbonyl (C=O) groups excluding carboxylic acids is 1. The molecule has 0 saturated heterocycles. The van der Waals surface area contributed by atoms with E-state index < -0.39 is 11.6 Å². The van der Waals surface area contributed by atoms with Crippen molar-refractivity contribution in [2.45, 2.75) is 33.1 Å². The summed E-state index contributed by atoms with van der Waals surface area (Å²) in [6.45, 7) is 4.84. The third kappa shape index (κ3) is 5.66. The molecule has 10 heteroatoms. The van der Waals surface area contributed by atoms with Crippen molar-refractivity contribution in [3.05, 3.63) is 71.2 Å². The highest BCUT2D eigenvalue weighted by Gasteiger charge is 2.19. The van der Waals surface area contributed by atoms with E-state index in [-0.39, 0.29) is 23.5 Å². The van der Waals surface area contributed by atoms with Crippen LogP contribution in [0.4, 0.5) is 20.3 Å². The van der Waals surface area contributed by atoms with Gasteiger partial charge in [-0.1, -0.05) is 0 Å². The first-order chi connectivity index (χ1) is 18.3. The summed E-state index contributed by atoms with van der Waals surface area (Å²) in [6.07, 6.45) is 6.47. The van der Waals surface area contributed by atoms with Gasteiger partial charge < -0.3 is 20.5 Å². The Morgan fingerprint density at radius 3 is 2.68 bits per heavy atom. The number of nitrogens with two attached hydrogens (primary N) is 1. The van der Waals surface area contributed by atoms with Crippen LogP contribution >= 0.6 is 0 Å². The highest BCUT2D eigenvalue weighted by Crippen LogP contribution is 2.32. The number of methoxy groups -OCH3 is 1. The van der Waals surface area contributed by atoms with Gasteiger partial charge in [-0.15, -0.1) is 0 Å². The molecule has 4 aromatic rings. The van der Waals surface area contributed by atoms with Crippen LogP contribution in [-0.2, 0) is 4.74 Å². The van der Waals surface area contributed by atoms with Crippen molar-refractivity contribution in [1.82, 2.24) is 14.4 Å². The fraction of sp³-hybridized carbons (Fsp3) is 0.321. The van der Waals surface area contributed by atoms with Crippen LogP contribution in [0.25, 0.3) is 16.9 Å². The predicted molar refractivity (Wildman–Crippen MR) is 142 cm³/mol. The van der Waals surface area contributed by atoms with Crippen molar-refractivity contribution in [2.75, 3.05) is 32.2 Å². The molecule has 8 nitrogen and oxygen atoms in total. The van der Waals surface area contributed by atoms with Gasteiger partial charge in [-0.05, 0) is 62.1 Å². The van der Waals surface area contributed by atoms with Crippen molar-refractivity contribution in [3.8, 4) is 17.0 Å². The molecule has 0 saturated carbocycles. The van der Waals surface area contributed by atoms with E-state index >= 15 is 4.39 Å². The number of nitrogens with zero attached hydrogens (tertiary/aromatic N) is 3. The largest absolute Gasteiger partial charge is 0.494 e. The van der Waals surface area contributed by atoms with E-state index in [0.717, 1.165) is 0 Å². The third-order valence-corrected chi connectivity index (χ3v) is 6.31. The van der Waals surface area contributed by atoms with E-state index in [2.05, 4.69) is 15.3 Å². The number of fused-ring (bicyclic) bond motifs is 1. The summed E-state index contributed by atoms with van der Waals surface area (Å²) in [5.74, 6) is -0.726. The summed E-state index contributed by atoms with van der Waals surface area (Å²) in [6, 6.07) is 6.33. The number of Topliss-reactive ketones (excluding diaryl/α,β-unsaturated/α-hetero) is 1. The molecule has 0 amide bonds. The van der Waals surface area contributed by atoms with Gasteiger partial charge >= 0.3 is 0 Å². The smallest absolute Gasteiger partial charge is 0.180 e. The van der Waals surface area contributed by atoms with E-state index in [0.29, 0.717) is 72.1 Å². The molecule has 2 aromatic heterocycles. The summed E-state index contributed by atoms with van der Waals surface area (Å²) >= 11 is 0. The number of hydrogen-bond donors (Lipinski definition) is 2. The zero-order valence-corrected chi connectivity index (χ0v) is 21.7. The predicted octanol–water partition coefficient (Wildman–Crippen LogP) is 5.37. The Bertz CT molecular complexity index is 1430. The number of hydrogen-bond acceptors (Lipinski definition) is 7. The minimum atomic E-state index is -0.600. The second-order valence-corrected chi connectivity index (χ2v) is 8.92. The van der Waals surface area contributed by atoms with Gasteiger partial charge in [-0.25, -0.2) is 18.7 Å². The zero-order valence-electron chi connectivity index (χ0n) is 21.7. The summed E-state index contributed by atoms with van der Waals surface area (Å²) in [5.41, 5.74) is 8.66. The van der Waals surface area contributed by atoms with Crippen molar-refractivity contribution in [1.29, 1.82) is 0 Å². The number of unbranched alkanes of at least 4 members (excludes halogenated alkanes) is 1. The average molecular weight is 524 g/mol. The Hall–Kier alpha value is -3.89. The lowest BCUT2D eigenvalue weighted by Gasteiger charge is -2.13. The molecule has 3 N–H and O–H groups in total. The van der Waals surface area contributed by atoms with Gasteiger partial charge in [-0.3, -0.25) is 9.20 Å². The first kappa shape index (κ1) is 27.2. The van der Waals surface area contributed by atoms with Crippen molar-refractivity contribution in [2.24, 2.45) is 5.73 Å². The molecule has 38 heavy (non-hydrogen) atoms. The fourth-order valence-corrected chi connectivity index (χ4v) is 4.41. The number of aryl methyl sites for hydroxylation is 1. The number of halogens is 2. The maximum absolute atomic E-state index is 15.0. The van der Waals surface area contributed by atoms with Gasteiger partial charge in [0.05, 0.1) is 31.2 Å². The summed E-state index contributed by atoms with van der Waals surface area (Å²) < 4.78 is 41.9. The van der Waals surface area contributed by atoms with Crippen molar-refractivity contribution >= 4 is 22.9 Å². The molecule has 2 heterocycles. The molecule has 0 bridgehead atoms. The van der Waals surface area contributed by atoms with Crippen LogP contribution < -0.4 is 15.8 Å². The first-order valence-corrected chi connectivity index (χ1v) is 12.4. The molecule has 2 aromatic carbocycles. The SMILES string of the molecule is COc1ccc(-c2cnc3c(Nc4cc(C)c(C(=O)CCCCOCCN)c(F)c4)nccn23)c(C)c1F. The number of anilines is 2. The molecule has 0 aliphatic rings. The Morgan fingerprint density at radius 2 is 1.95 bits per heavy atom. The number of rotatable bonds is 12. The molecule has 0 radical (unpaired) electrons. The summed E-state index contributed by atoms with van der Waals surface area (Å²) in [4.78, 5) is 21.5. The van der Waals surface area contributed by atoms with Gasteiger partial charge in [0.1, 0.15) is 5.82 Å². The molecule has 200 valence electrons. The lowest BCUT2D eigenvalue weighted by molar-refractivity contribution is 0.0964. The lowest BCUT2D eigenvalue weighted by Crippen LogP contribution is -2.10. The molecule has 0 aliphatic carbocycles. The number of benzene rings is 2. The van der Waals surface area contributed by atoms with Crippen LogP contribution in [0.3, 0.4) is 0 Å². The van der Waals surface area contributed by atoms with E-state index in [1.165, 1.54) is 13.2 Å². The second-order valence-electron chi connectivity index (χ2n) is 8.92. The van der Waals surface area contributed by atoms with Crippen molar-refractivity contribution < 1.29 is 23.0 Å². The van der Waals surface area contributed by atoms with E-state index in [4.69, 9.17) is 15.2 Å². The van der Waals surface area contributed by atoms with Gasteiger partial charge in [0.15, 0.2) is 28.8 Å². The van der Waals surface area contributed by atoms with Gasteiger partial charge in [-0.2, -0.15) is 0 Å². The number of nitrogens with one attached hydrogen (secondary N) is 1. The fourth-order valence-electron chi connectivity index (χ4n) is 4.41. The van der Waals surface area contributed by atoms with Gasteiger partial charge in [0.2, 0.25) is 0 Å². The highest BCUT2D eigenvalue weighted by atomic mass is 19.1. The van der Waals surface area contributed by atoms with Crippen molar-refractivity contribution in [3.63, 3.8) is 0 Å². The molecule has 0 atom stereocenters. The number of aromatic nitrogens is 3. The normalized spacial score (nSPS) is 11.2. The summed E-state index contributed by atoms with van der Waals surface area (Å²) in [7, 11) is 1.42. The molecular weight excluding hydrogens is 492 g/mol. The van der Waals surface area contributed by atoms with Gasteiger partial charge in [0, 0.05) is 43.2 Å². The number of ketones is 1. The van der Waals surface area contributed by atoms with Crippen LogP contribution in [0.1, 0.15) is 40.7 Å². The topological polar surface area (TPSA) is 104 Å². The van der Waals surface area contributed by atoms with E-state index in [9.17, 15) is 9.18 Å². The molecule has 4 rings (SSSR count). The van der Waals surface area contributed by atoms with Crippen LogP contribution in [-0.4, -0.2) is 47.0 Å². The Labute approximate surface area is 219 Å². The average Bonchev–Trinajstić information content (AvgIpc) is 3.32. The maximum atomic E-state index is 15.0. The first-order valence-electron chi connectivity index (χ1n) is 12.4. The molecule has 0 spiro atoms. The Morgan fingerprint density at radius 1 is 1.13 bits per heavy atom. The zero-order chi connectivity index (χ0) is 27.2. The molecular formula is C28H31F2N5O3. The molecule has 0 aliphatic heterocycles. The number of carbonyl (C=O) groups is 1. The standard InChI is InChI=1S/C28H31F2N5O3/c1-17-14-19(15-21(29)25(17)23(36)6-4-5-12-38-13-9-31)34-27-28-33-16-22(35(28)11-10-32-27)20-7-8-24(37-3)26(30)18(20)2/h7-8,10-11,14-16H,4-6,9,12-13,31H2,1-3H3,(H,32,34). The monoisotopic (exact) mass is 523 g/mol. The Kier molecular flexibility index (Phi) is 8.65. The van der Waals surface area contributed by atoms with Crippen LogP contribution in [0, 0.1) is 25.5 Å². The van der Waals surface area contributed by atoms with E-state index in [1.807, 2.05) is 0 Å². The lowest BCUT2D eigenvalue weighted by atomic mass is 9.99. The van der Waals surface area contributed by atoms with Crippen LogP contribution in [0.5, 0.6) is 5.75 Å². The number of ether oxygens (including phenoxy) is 2. The molecule has 0 unspecified atom stereocenters. The van der Waals surface area contributed by atoms with E-state index in [1.54, 1.807) is 55.0 Å². The Balaban J connectivity index is 1.55. The highest BCUT2D eigenvalue weighted by molar-refractivity contribution is 5.98. The quantitative estimate of drug-likeness (QED) is 0.190. The summed E-state index contributed by atoms with van der Waals surface area (Å²) in [5, 5.41) is 3.11. The van der Waals surface area contributed by atoms with Crippen LogP contribution in [0.15, 0.2) is 42.9 Å². The number of imidazole rings is 1. The second kappa shape index (κ2) is 12.1. The minimum Gasteiger partial charge on any atom is -0.494 e. The maximum Gasteiger partial charge on any atom is 0.180 e. The molecule has 0 fully saturated rings. The third-order valence-electron chi connectivity index (χ3n) is 6.31. The minimum absolute atomic E-state index is 0.0877. The van der Waals surface area contributed by atoms with Crippen LogP contribution in [0.2, 0.25) is 0 Å². The van der Waals surface area contributed by atoms with Gasteiger partial charge in [0.25, 0.3) is 0 Å².